The van der Waals surface area contributed by atoms with E-state index >= 15 is 0 Å². The number of hydrogen-bond donors (Lipinski definition) is 1. The summed E-state index contributed by atoms with van der Waals surface area (Å²) in [5.74, 6) is 0. The molecule has 1 heterocycles. The molecule has 0 aliphatic heterocycles. The number of nitrogens with zero attached hydrogens (tertiary/aromatic N) is 1. The number of nitrogens with one attached hydrogen (secondary N) is 1. The first-order valence-corrected chi connectivity index (χ1v) is 5.85. The highest BCUT2D eigenvalue weighted by Crippen LogP contribution is 2.34. The number of benzene rings is 1. The molecule has 1 aliphatic carbocycles. The molecular formula is C14H16N2. The summed E-state index contributed by atoms with van der Waals surface area (Å²) in [6, 6.07) is 10.4. The third-order valence-electron chi connectivity index (χ3n) is 3.44. The number of pyridine rings is 1. The van der Waals surface area contributed by atoms with E-state index in [0.29, 0.717) is 5.54 Å². The molecule has 16 heavy (non-hydrogen) atoms. The van der Waals surface area contributed by atoms with E-state index in [0.717, 1.165) is 12.1 Å². The van der Waals surface area contributed by atoms with Crippen molar-refractivity contribution in [3.05, 3.63) is 42.1 Å². The minimum atomic E-state index is 0.393. The van der Waals surface area contributed by atoms with Gasteiger partial charge in [-0.25, -0.2) is 0 Å². The average molecular weight is 212 g/mol. The molecule has 82 valence electrons. The second-order valence-corrected chi connectivity index (χ2v) is 4.90. The van der Waals surface area contributed by atoms with E-state index in [1.54, 1.807) is 0 Å². The molecule has 0 bridgehead atoms. The Morgan fingerprint density at radius 1 is 1.25 bits per heavy atom. The van der Waals surface area contributed by atoms with Gasteiger partial charge in [-0.1, -0.05) is 18.2 Å². The van der Waals surface area contributed by atoms with Crippen LogP contribution in [-0.2, 0) is 6.54 Å². The molecule has 0 spiro atoms. The number of aromatic nitrogens is 1. The van der Waals surface area contributed by atoms with Crippen LogP contribution >= 0.6 is 0 Å². The number of para-hydroxylation sites is 1. The van der Waals surface area contributed by atoms with Crippen LogP contribution in [0.4, 0.5) is 0 Å². The van der Waals surface area contributed by atoms with Crippen molar-refractivity contribution in [1.82, 2.24) is 10.3 Å². The van der Waals surface area contributed by atoms with Gasteiger partial charge < -0.3 is 5.32 Å². The molecule has 2 aromatic rings. The van der Waals surface area contributed by atoms with Gasteiger partial charge in [-0.3, -0.25) is 4.98 Å². The van der Waals surface area contributed by atoms with Crippen molar-refractivity contribution in [3.63, 3.8) is 0 Å². The lowest BCUT2D eigenvalue weighted by Gasteiger charge is -2.12. The molecule has 1 N–H and O–H groups in total. The molecule has 0 amide bonds. The van der Waals surface area contributed by atoms with Gasteiger partial charge in [-0.2, -0.15) is 0 Å². The van der Waals surface area contributed by atoms with Crippen LogP contribution in [0.2, 0.25) is 0 Å². The molecule has 0 atom stereocenters. The maximum absolute atomic E-state index is 4.37. The normalized spacial score (nSPS) is 17.6. The molecule has 1 fully saturated rings. The topological polar surface area (TPSA) is 24.9 Å². The Bertz CT molecular complexity index is 510. The molecule has 1 aromatic carbocycles. The van der Waals surface area contributed by atoms with Crippen molar-refractivity contribution in [2.75, 3.05) is 0 Å². The lowest BCUT2D eigenvalue weighted by molar-refractivity contribution is 0.539. The first-order chi connectivity index (χ1) is 7.77. The Labute approximate surface area is 95.7 Å². The van der Waals surface area contributed by atoms with Crippen LogP contribution < -0.4 is 5.32 Å². The first kappa shape index (κ1) is 9.79. The fourth-order valence-electron chi connectivity index (χ4n) is 1.98. The highest BCUT2D eigenvalue weighted by molar-refractivity contribution is 5.81. The molecular weight excluding hydrogens is 196 g/mol. The Morgan fingerprint density at radius 3 is 2.88 bits per heavy atom. The molecule has 2 heteroatoms. The fourth-order valence-corrected chi connectivity index (χ4v) is 1.98. The number of rotatable bonds is 3. The molecule has 0 unspecified atom stereocenters. The summed E-state index contributed by atoms with van der Waals surface area (Å²) in [6.07, 6.45) is 4.50. The maximum atomic E-state index is 4.37. The predicted molar refractivity (Wildman–Crippen MR) is 66.2 cm³/mol. The summed E-state index contributed by atoms with van der Waals surface area (Å²) in [6.45, 7) is 3.23. The van der Waals surface area contributed by atoms with Gasteiger partial charge in [0.1, 0.15) is 0 Å². The van der Waals surface area contributed by atoms with E-state index < -0.39 is 0 Å². The van der Waals surface area contributed by atoms with Crippen LogP contribution in [0.5, 0.6) is 0 Å². The van der Waals surface area contributed by atoms with E-state index in [1.807, 2.05) is 12.3 Å². The van der Waals surface area contributed by atoms with Gasteiger partial charge in [-0.05, 0) is 37.5 Å². The van der Waals surface area contributed by atoms with Crippen molar-refractivity contribution in [2.24, 2.45) is 0 Å². The standard InChI is InChI=1S/C14H16N2/c1-14(7-8-14)16-10-11-6-9-15-13-5-3-2-4-12(11)13/h2-6,9,16H,7-8,10H2,1H3. The highest BCUT2D eigenvalue weighted by atomic mass is 15.0. The Hall–Kier alpha value is -1.41. The van der Waals surface area contributed by atoms with E-state index in [9.17, 15) is 0 Å². The lowest BCUT2D eigenvalue weighted by atomic mass is 10.1. The zero-order valence-corrected chi connectivity index (χ0v) is 9.53. The summed E-state index contributed by atoms with van der Waals surface area (Å²) >= 11 is 0. The highest BCUT2D eigenvalue weighted by Gasteiger charge is 2.36. The third kappa shape index (κ3) is 1.81. The molecule has 0 saturated heterocycles. The zero-order valence-electron chi connectivity index (χ0n) is 9.53. The van der Waals surface area contributed by atoms with Gasteiger partial charge in [0, 0.05) is 23.7 Å². The van der Waals surface area contributed by atoms with Crippen molar-refractivity contribution < 1.29 is 0 Å². The maximum Gasteiger partial charge on any atom is 0.0705 e. The van der Waals surface area contributed by atoms with E-state index in [2.05, 4.69) is 41.5 Å². The molecule has 3 rings (SSSR count). The largest absolute Gasteiger partial charge is 0.307 e. The second kappa shape index (κ2) is 3.56. The van der Waals surface area contributed by atoms with Gasteiger partial charge in [0.15, 0.2) is 0 Å². The van der Waals surface area contributed by atoms with Gasteiger partial charge >= 0.3 is 0 Å². The van der Waals surface area contributed by atoms with Gasteiger partial charge in [0.25, 0.3) is 0 Å². The zero-order chi connectivity index (χ0) is 11.0. The molecule has 1 aromatic heterocycles. The van der Waals surface area contributed by atoms with Crippen LogP contribution in [0.25, 0.3) is 10.9 Å². The number of fused-ring (bicyclic) bond motifs is 1. The Balaban J connectivity index is 1.90. The minimum absolute atomic E-state index is 0.393. The van der Waals surface area contributed by atoms with Crippen LogP contribution in [0.15, 0.2) is 36.5 Å². The van der Waals surface area contributed by atoms with Crippen LogP contribution in [-0.4, -0.2) is 10.5 Å². The molecule has 1 saturated carbocycles. The lowest BCUT2D eigenvalue weighted by Crippen LogP contribution is -2.27. The van der Waals surface area contributed by atoms with Gasteiger partial charge in [0.05, 0.1) is 5.52 Å². The van der Waals surface area contributed by atoms with Crippen molar-refractivity contribution in [2.45, 2.75) is 31.8 Å². The van der Waals surface area contributed by atoms with Gasteiger partial charge in [-0.15, -0.1) is 0 Å². The number of hydrogen-bond acceptors (Lipinski definition) is 2. The Morgan fingerprint density at radius 2 is 2.06 bits per heavy atom. The molecule has 0 radical (unpaired) electrons. The molecule has 1 aliphatic rings. The second-order valence-electron chi connectivity index (χ2n) is 4.90. The van der Waals surface area contributed by atoms with E-state index in [4.69, 9.17) is 0 Å². The summed E-state index contributed by atoms with van der Waals surface area (Å²) in [5, 5.41) is 4.88. The summed E-state index contributed by atoms with van der Waals surface area (Å²) in [4.78, 5) is 4.37. The predicted octanol–water partition coefficient (Wildman–Crippen LogP) is 2.88. The van der Waals surface area contributed by atoms with Crippen molar-refractivity contribution in [3.8, 4) is 0 Å². The van der Waals surface area contributed by atoms with Crippen molar-refractivity contribution >= 4 is 10.9 Å². The smallest absolute Gasteiger partial charge is 0.0705 e. The van der Waals surface area contributed by atoms with E-state index in [-0.39, 0.29) is 0 Å². The quantitative estimate of drug-likeness (QED) is 0.846. The van der Waals surface area contributed by atoms with Crippen LogP contribution in [0, 0.1) is 0 Å². The third-order valence-corrected chi connectivity index (χ3v) is 3.44. The van der Waals surface area contributed by atoms with Gasteiger partial charge in [0.2, 0.25) is 0 Å². The van der Waals surface area contributed by atoms with Crippen LogP contribution in [0.1, 0.15) is 25.3 Å². The SMILES string of the molecule is CC1(NCc2ccnc3ccccc23)CC1. The monoisotopic (exact) mass is 212 g/mol. The summed E-state index contributed by atoms with van der Waals surface area (Å²) < 4.78 is 0. The Kier molecular flexibility index (Phi) is 2.18. The first-order valence-electron chi connectivity index (χ1n) is 5.85. The van der Waals surface area contributed by atoms with E-state index in [1.165, 1.54) is 23.8 Å². The summed E-state index contributed by atoms with van der Waals surface area (Å²) in [5.41, 5.74) is 2.83. The summed E-state index contributed by atoms with van der Waals surface area (Å²) in [7, 11) is 0. The average Bonchev–Trinajstić information content (AvgIpc) is 3.05. The molecule has 2 nitrogen and oxygen atoms in total. The van der Waals surface area contributed by atoms with Crippen LogP contribution in [0.3, 0.4) is 0 Å². The van der Waals surface area contributed by atoms with Crippen molar-refractivity contribution in [1.29, 1.82) is 0 Å². The fraction of sp³-hybridized carbons (Fsp3) is 0.357. The minimum Gasteiger partial charge on any atom is -0.307 e.